The molecule has 0 radical (unpaired) electrons. The predicted molar refractivity (Wildman–Crippen MR) is 127 cm³/mol. The van der Waals surface area contributed by atoms with Crippen LogP contribution < -0.4 is 10.1 Å². The summed E-state index contributed by atoms with van der Waals surface area (Å²) in [4.78, 5) is 17.5. The van der Waals surface area contributed by atoms with Crippen molar-refractivity contribution in [2.45, 2.75) is 25.7 Å². The van der Waals surface area contributed by atoms with Crippen LogP contribution in [0.15, 0.2) is 54.6 Å². The number of nitrogens with one attached hydrogen (secondary N) is 1. The number of carbonyl (C=O) groups excluding carboxylic acids is 1. The van der Waals surface area contributed by atoms with Gasteiger partial charge in [-0.3, -0.25) is 9.69 Å². The van der Waals surface area contributed by atoms with Gasteiger partial charge in [0.1, 0.15) is 5.75 Å². The molecule has 1 amide bonds. The topological polar surface area (TPSA) is 54.0 Å². The van der Waals surface area contributed by atoms with E-state index in [0.29, 0.717) is 17.9 Å². The molecule has 2 heterocycles. The molecule has 6 nitrogen and oxygen atoms in total. The quantitative estimate of drug-likeness (QED) is 0.636. The number of carbonyl (C=O) groups is 1. The molecule has 0 unspecified atom stereocenters. The van der Waals surface area contributed by atoms with E-state index in [1.165, 1.54) is 25.8 Å². The van der Waals surface area contributed by atoms with Gasteiger partial charge in [0.2, 0.25) is 5.91 Å². The molecular formula is C26H35N3O3. The number of piperidine rings is 1. The molecule has 2 aliphatic rings. The van der Waals surface area contributed by atoms with Crippen molar-refractivity contribution in [3.05, 3.63) is 54.6 Å². The molecule has 0 aliphatic carbocycles. The number of amides is 1. The summed E-state index contributed by atoms with van der Waals surface area (Å²) < 4.78 is 11.4. The lowest BCUT2D eigenvalue weighted by atomic mass is 9.93. The molecule has 2 aromatic rings. The first-order valence-electron chi connectivity index (χ1n) is 11.9. The fraction of sp³-hybridized carbons (Fsp3) is 0.500. The molecule has 0 atom stereocenters. The van der Waals surface area contributed by atoms with Gasteiger partial charge in [0, 0.05) is 26.1 Å². The van der Waals surface area contributed by atoms with Gasteiger partial charge in [-0.15, -0.1) is 0 Å². The Morgan fingerprint density at radius 2 is 1.59 bits per heavy atom. The Hall–Kier alpha value is -2.41. The third-order valence-corrected chi connectivity index (χ3v) is 6.45. The summed E-state index contributed by atoms with van der Waals surface area (Å²) in [6.45, 7) is 8.10. The zero-order valence-electron chi connectivity index (χ0n) is 18.9. The zero-order valence-corrected chi connectivity index (χ0v) is 18.9. The first-order valence-corrected chi connectivity index (χ1v) is 11.9. The van der Waals surface area contributed by atoms with Crippen molar-refractivity contribution in [3.8, 4) is 11.5 Å². The van der Waals surface area contributed by atoms with E-state index in [-0.39, 0.29) is 5.91 Å². The smallest absolute Gasteiger partial charge is 0.225 e. The van der Waals surface area contributed by atoms with Crippen molar-refractivity contribution >= 4 is 11.6 Å². The van der Waals surface area contributed by atoms with E-state index in [0.717, 1.165) is 57.6 Å². The zero-order chi connectivity index (χ0) is 22.0. The molecule has 2 saturated heterocycles. The van der Waals surface area contributed by atoms with E-state index in [1.54, 1.807) is 0 Å². The lowest BCUT2D eigenvalue weighted by molar-refractivity contribution is -0.116. The Morgan fingerprint density at radius 1 is 0.906 bits per heavy atom. The fourth-order valence-corrected chi connectivity index (χ4v) is 4.44. The van der Waals surface area contributed by atoms with Crippen LogP contribution in [0, 0.1) is 5.92 Å². The number of hydrogen-bond acceptors (Lipinski definition) is 5. The van der Waals surface area contributed by atoms with Gasteiger partial charge in [-0.05, 0) is 69.1 Å². The van der Waals surface area contributed by atoms with E-state index in [2.05, 4.69) is 15.1 Å². The standard InChI is InChI=1S/C26H35N3O3/c30-26(27-24-8-4-5-9-25(24)32-23-6-2-1-3-7-23)13-17-28-14-10-22(11-15-28)12-16-29-18-20-31-21-19-29/h1-9,22H,10-21H2,(H,27,30). The van der Waals surface area contributed by atoms with Crippen LogP contribution in [0.1, 0.15) is 25.7 Å². The maximum absolute atomic E-state index is 12.6. The van der Waals surface area contributed by atoms with Crippen LogP contribution in [0.2, 0.25) is 0 Å². The van der Waals surface area contributed by atoms with Gasteiger partial charge in [-0.1, -0.05) is 30.3 Å². The summed E-state index contributed by atoms with van der Waals surface area (Å²) in [6.07, 6.45) is 4.25. The first kappa shape index (κ1) is 22.8. The Kier molecular flexibility index (Phi) is 8.54. The summed E-state index contributed by atoms with van der Waals surface area (Å²) in [7, 11) is 0. The highest BCUT2D eigenvalue weighted by atomic mass is 16.5. The minimum Gasteiger partial charge on any atom is -0.455 e. The summed E-state index contributed by atoms with van der Waals surface area (Å²) >= 11 is 0. The molecule has 0 aromatic heterocycles. The predicted octanol–water partition coefficient (Wildman–Crippen LogP) is 4.24. The van der Waals surface area contributed by atoms with E-state index < -0.39 is 0 Å². The number of morpholine rings is 1. The third kappa shape index (κ3) is 7.05. The van der Waals surface area contributed by atoms with E-state index in [4.69, 9.17) is 9.47 Å². The van der Waals surface area contributed by atoms with Gasteiger partial charge in [0.05, 0.1) is 18.9 Å². The number of ether oxygens (including phenoxy) is 2. The second-order valence-electron chi connectivity index (χ2n) is 8.74. The van der Waals surface area contributed by atoms with Crippen molar-refractivity contribution in [2.75, 3.05) is 57.8 Å². The Balaban J connectivity index is 1.17. The SMILES string of the molecule is O=C(CCN1CCC(CCN2CCOCC2)CC1)Nc1ccccc1Oc1ccccc1. The summed E-state index contributed by atoms with van der Waals surface area (Å²) in [6, 6.07) is 17.2. The number of para-hydroxylation sites is 3. The number of anilines is 1. The minimum absolute atomic E-state index is 0.0311. The van der Waals surface area contributed by atoms with Crippen molar-refractivity contribution in [1.29, 1.82) is 0 Å². The molecule has 1 N–H and O–H groups in total. The number of benzene rings is 2. The Morgan fingerprint density at radius 3 is 2.38 bits per heavy atom. The van der Waals surface area contributed by atoms with Gasteiger partial charge in [0.15, 0.2) is 5.75 Å². The largest absolute Gasteiger partial charge is 0.455 e. The van der Waals surface area contributed by atoms with Gasteiger partial charge in [-0.2, -0.15) is 0 Å². The fourth-order valence-electron chi connectivity index (χ4n) is 4.44. The Labute approximate surface area is 191 Å². The van der Waals surface area contributed by atoms with Crippen LogP contribution in [0.25, 0.3) is 0 Å². The highest BCUT2D eigenvalue weighted by Gasteiger charge is 2.21. The van der Waals surface area contributed by atoms with Crippen LogP contribution in [-0.4, -0.2) is 68.2 Å². The van der Waals surface area contributed by atoms with Gasteiger partial charge in [0.25, 0.3) is 0 Å². The van der Waals surface area contributed by atoms with Crippen molar-refractivity contribution in [2.24, 2.45) is 5.92 Å². The minimum atomic E-state index is 0.0311. The maximum Gasteiger partial charge on any atom is 0.225 e. The van der Waals surface area contributed by atoms with Crippen LogP contribution in [0.4, 0.5) is 5.69 Å². The maximum atomic E-state index is 12.6. The summed E-state index contributed by atoms with van der Waals surface area (Å²) in [5.41, 5.74) is 0.711. The molecule has 2 aliphatic heterocycles. The molecule has 32 heavy (non-hydrogen) atoms. The van der Waals surface area contributed by atoms with E-state index >= 15 is 0 Å². The van der Waals surface area contributed by atoms with Crippen LogP contribution in [0.3, 0.4) is 0 Å². The molecular weight excluding hydrogens is 402 g/mol. The number of rotatable bonds is 9. The molecule has 0 bridgehead atoms. The van der Waals surface area contributed by atoms with Gasteiger partial charge in [-0.25, -0.2) is 0 Å². The van der Waals surface area contributed by atoms with Crippen LogP contribution in [0.5, 0.6) is 11.5 Å². The van der Waals surface area contributed by atoms with E-state index in [1.807, 2.05) is 54.6 Å². The number of hydrogen-bond donors (Lipinski definition) is 1. The van der Waals surface area contributed by atoms with E-state index in [9.17, 15) is 4.79 Å². The number of likely N-dealkylation sites (tertiary alicyclic amines) is 1. The number of nitrogens with zero attached hydrogens (tertiary/aromatic N) is 2. The molecule has 6 heteroatoms. The molecule has 0 saturated carbocycles. The lowest BCUT2D eigenvalue weighted by Gasteiger charge is -2.33. The van der Waals surface area contributed by atoms with Crippen molar-refractivity contribution < 1.29 is 14.3 Å². The molecule has 0 spiro atoms. The van der Waals surface area contributed by atoms with Crippen LogP contribution in [-0.2, 0) is 9.53 Å². The van der Waals surface area contributed by atoms with Gasteiger partial charge < -0.3 is 19.7 Å². The first-order chi connectivity index (χ1) is 15.8. The molecule has 2 fully saturated rings. The van der Waals surface area contributed by atoms with Crippen molar-refractivity contribution in [3.63, 3.8) is 0 Å². The molecule has 2 aromatic carbocycles. The normalized spacial score (nSPS) is 18.4. The lowest BCUT2D eigenvalue weighted by Crippen LogP contribution is -2.39. The summed E-state index contributed by atoms with van der Waals surface area (Å²) in [5.74, 6) is 2.26. The second-order valence-corrected chi connectivity index (χ2v) is 8.74. The average Bonchev–Trinajstić information content (AvgIpc) is 2.85. The highest BCUT2D eigenvalue weighted by molar-refractivity contribution is 5.92. The second kappa shape index (κ2) is 12.0. The van der Waals surface area contributed by atoms with Crippen LogP contribution >= 0.6 is 0 Å². The Bertz CT molecular complexity index is 831. The average molecular weight is 438 g/mol. The highest BCUT2D eigenvalue weighted by Crippen LogP contribution is 2.29. The third-order valence-electron chi connectivity index (χ3n) is 6.45. The van der Waals surface area contributed by atoms with Crippen molar-refractivity contribution in [1.82, 2.24) is 9.80 Å². The van der Waals surface area contributed by atoms with Gasteiger partial charge >= 0.3 is 0 Å². The molecule has 172 valence electrons. The molecule has 4 rings (SSSR count). The summed E-state index contributed by atoms with van der Waals surface area (Å²) in [5, 5.41) is 3.03. The monoisotopic (exact) mass is 437 g/mol.